The van der Waals surface area contributed by atoms with Crippen LogP contribution in [0.5, 0.6) is 0 Å². The van der Waals surface area contributed by atoms with Crippen LogP contribution in [0.4, 0.5) is 0 Å². The first kappa shape index (κ1) is 13.0. The number of carboxylic acids is 1. The SMILES string of the molecule is CC(=O)NCCNC1CCC(C(=O)O)CC1. The summed E-state index contributed by atoms with van der Waals surface area (Å²) in [7, 11) is 0. The van der Waals surface area contributed by atoms with Gasteiger partial charge in [0.2, 0.25) is 5.91 Å². The van der Waals surface area contributed by atoms with Gasteiger partial charge in [-0.3, -0.25) is 9.59 Å². The number of rotatable bonds is 5. The zero-order valence-corrected chi connectivity index (χ0v) is 9.66. The number of carboxylic acid groups (broad SMARTS) is 1. The summed E-state index contributed by atoms with van der Waals surface area (Å²) < 4.78 is 0. The van der Waals surface area contributed by atoms with Crippen molar-refractivity contribution < 1.29 is 14.7 Å². The number of aliphatic carboxylic acids is 1. The van der Waals surface area contributed by atoms with Crippen LogP contribution >= 0.6 is 0 Å². The lowest BCUT2D eigenvalue weighted by Gasteiger charge is -2.26. The molecule has 5 nitrogen and oxygen atoms in total. The number of carbonyl (C=O) groups excluding carboxylic acids is 1. The smallest absolute Gasteiger partial charge is 0.306 e. The summed E-state index contributed by atoms with van der Waals surface area (Å²) in [5.74, 6) is -0.846. The zero-order chi connectivity index (χ0) is 12.0. The molecular weight excluding hydrogens is 208 g/mol. The van der Waals surface area contributed by atoms with Crippen LogP contribution in [0, 0.1) is 5.92 Å². The van der Waals surface area contributed by atoms with Gasteiger partial charge in [-0.25, -0.2) is 0 Å². The third-order valence-electron chi connectivity index (χ3n) is 3.01. The summed E-state index contributed by atoms with van der Waals surface area (Å²) in [6.07, 6.45) is 3.34. The summed E-state index contributed by atoms with van der Waals surface area (Å²) in [5, 5.41) is 14.9. The van der Waals surface area contributed by atoms with Crippen molar-refractivity contribution in [2.75, 3.05) is 13.1 Å². The van der Waals surface area contributed by atoms with Crippen LogP contribution in [0.3, 0.4) is 0 Å². The molecule has 0 aromatic rings. The Kier molecular flexibility index (Phi) is 5.25. The third kappa shape index (κ3) is 4.61. The Morgan fingerprint density at radius 1 is 1.19 bits per heavy atom. The largest absolute Gasteiger partial charge is 0.481 e. The fourth-order valence-corrected chi connectivity index (χ4v) is 2.06. The molecule has 1 aliphatic carbocycles. The molecule has 92 valence electrons. The van der Waals surface area contributed by atoms with Crippen LogP contribution in [-0.4, -0.2) is 36.1 Å². The van der Waals surface area contributed by atoms with Crippen molar-refractivity contribution >= 4 is 11.9 Å². The van der Waals surface area contributed by atoms with Gasteiger partial charge in [0.05, 0.1) is 5.92 Å². The Labute approximate surface area is 95.6 Å². The minimum absolute atomic E-state index is 0.0172. The first-order chi connectivity index (χ1) is 7.59. The van der Waals surface area contributed by atoms with E-state index in [1.807, 2.05) is 0 Å². The summed E-state index contributed by atoms with van der Waals surface area (Å²) in [6, 6.07) is 0.407. The van der Waals surface area contributed by atoms with Crippen molar-refractivity contribution in [1.82, 2.24) is 10.6 Å². The molecule has 0 bridgehead atoms. The molecule has 3 N–H and O–H groups in total. The van der Waals surface area contributed by atoms with Gasteiger partial charge < -0.3 is 15.7 Å². The van der Waals surface area contributed by atoms with E-state index in [2.05, 4.69) is 10.6 Å². The second-order valence-electron chi connectivity index (χ2n) is 4.32. The molecule has 0 saturated heterocycles. The molecule has 0 aromatic carbocycles. The molecule has 0 radical (unpaired) electrons. The van der Waals surface area contributed by atoms with Gasteiger partial charge in [0.25, 0.3) is 0 Å². The molecule has 0 aromatic heterocycles. The zero-order valence-electron chi connectivity index (χ0n) is 9.66. The average molecular weight is 228 g/mol. The van der Waals surface area contributed by atoms with Crippen LogP contribution < -0.4 is 10.6 Å². The van der Waals surface area contributed by atoms with E-state index in [1.54, 1.807) is 0 Å². The first-order valence-electron chi connectivity index (χ1n) is 5.80. The lowest BCUT2D eigenvalue weighted by Crippen LogP contribution is -2.39. The van der Waals surface area contributed by atoms with Gasteiger partial charge in [-0.1, -0.05) is 0 Å². The van der Waals surface area contributed by atoms with E-state index < -0.39 is 5.97 Å². The van der Waals surface area contributed by atoms with Gasteiger partial charge in [0, 0.05) is 26.1 Å². The average Bonchev–Trinajstić information content (AvgIpc) is 2.25. The Morgan fingerprint density at radius 2 is 1.81 bits per heavy atom. The molecule has 0 heterocycles. The van der Waals surface area contributed by atoms with E-state index in [-0.39, 0.29) is 11.8 Å². The van der Waals surface area contributed by atoms with Gasteiger partial charge >= 0.3 is 5.97 Å². The highest BCUT2D eigenvalue weighted by Crippen LogP contribution is 2.24. The van der Waals surface area contributed by atoms with E-state index in [0.717, 1.165) is 32.2 Å². The normalized spacial score (nSPS) is 25.1. The first-order valence-corrected chi connectivity index (χ1v) is 5.80. The second kappa shape index (κ2) is 6.48. The van der Waals surface area contributed by atoms with Crippen LogP contribution in [0.2, 0.25) is 0 Å². The van der Waals surface area contributed by atoms with Gasteiger partial charge in [-0.2, -0.15) is 0 Å². The molecule has 0 unspecified atom stereocenters. The number of hydrogen-bond acceptors (Lipinski definition) is 3. The molecule has 16 heavy (non-hydrogen) atoms. The van der Waals surface area contributed by atoms with Gasteiger partial charge in [-0.15, -0.1) is 0 Å². The Bertz CT molecular complexity index is 248. The molecule has 0 aliphatic heterocycles. The Hall–Kier alpha value is -1.10. The summed E-state index contributed by atoms with van der Waals surface area (Å²) in [6.45, 7) is 2.88. The maximum Gasteiger partial charge on any atom is 0.306 e. The van der Waals surface area contributed by atoms with Crippen LogP contribution in [-0.2, 0) is 9.59 Å². The van der Waals surface area contributed by atoms with E-state index in [4.69, 9.17) is 5.11 Å². The van der Waals surface area contributed by atoms with Crippen molar-refractivity contribution in [2.24, 2.45) is 5.92 Å². The number of amides is 1. The lowest BCUT2D eigenvalue weighted by molar-refractivity contribution is -0.142. The fourth-order valence-electron chi connectivity index (χ4n) is 2.06. The van der Waals surface area contributed by atoms with E-state index in [1.165, 1.54) is 6.92 Å². The summed E-state index contributed by atoms with van der Waals surface area (Å²) >= 11 is 0. The Morgan fingerprint density at radius 3 is 2.31 bits per heavy atom. The molecule has 1 aliphatic rings. The molecule has 1 amide bonds. The van der Waals surface area contributed by atoms with Gasteiger partial charge in [0.15, 0.2) is 0 Å². The van der Waals surface area contributed by atoms with Crippen molar-refractivity contribution in [1.29, 1.82) is 0 Å². The number of nitrogens with one attached hydrogen (secondary N) is 2. The van der Waals surface area contributed by atoms with Crippen molar-refractivity contribution in [3.8, 4) is 0 Å². The maximum atomic E-state index is 10.7. The van der Waals surface area contributed by atoms with Crippen LogP contribution in [0.25, 0.3) is 0 Å². The molecule has 0 atom stereocenters. The van der Waals surface area contributed by atoms with Crippen molar-refractivity contribution in [3.63, 3.8) is 0 Å². The predicted molar refractivity (Wildman–Crippen MR) is 60.1 cm³/mol. The van der Waals surface area contributed by atoms with Crippen molar-refractivity contribution in [2.45, 2.75) is 38.6 Å². The minimum atomic E-state index is -0.670. The second-order valence-corrected chi connectivity index (χ2v) is 4.32. The highest BCUT2D eigenvalue weighted by molar-refractivity contribution is 5.72. The van der Waals surface area contributed by atoms with E-state index >= 15 is 0 Å². The standard InChI is InChI=1S/C11H20N2O3/c1-8(14)12-6-7-13-10-4-2-9(3-5-10)11(15)16/h9-10,13H,2-7H2,1H3,(H,12,14)(H,15,16). The lowest BCUT2D eigenvalue weighted by atomic mass is 9.86. The van der Waals surface area contributed by atoms with E-state index in [9.17, 15) is 9.59 Å². The van der Waals surface area contributed by atoms with Gasteiger partial charge in [-0.05, 0) is 25.7 Å². The monoisotopic (exact) mass is 228 g/mol. The molecule has 5 heteroatoms. The topological polar surface area (TPSA) is 78.4 Å². The number of hydrogen-bond donors (Lipinski definition) is 3. The quantitative estimate of drug-likeness (QED) is 0.593. The van der Waals surface area contributed by atoms with E-state index in [0.29, 0.717) is 12.6 Å². The van der Waals surface area contributed by atoms with Crippen LogP contribution in [0.15, 0.2) is 0 Å². The maximum absolute atomic E-state index is 10.7. The highest BCUT2D eigenvalue weighted by atomic mass is 16.4. The molecule has 0 spiro atoms. The molecule has 1 rings (SSSR count). The molecule has 1 fully saturated rings. The minimum Gasteiger partial charge on any atom is -0.481 e. The number of carbonyl (C=O) groups is 2. The molecule has 1 saturated carbocycles. The summed E-state index contributed by atoms with van der Waals surface area (Å²) in [5.41, 5.74) is 0. The third-order valence-corrected chi connectivity index (χ3v) is 3.01. The fraction of sp³-hybridized carbons (Fsp3) is 0.818. The molecular formula is C11H20N2O3. The highest BCUT2D eigenvalue weighted by Gasteiger charge is 2.25. The van der Waals surface area contributed by atoms with Crippen molar-refractivity contribution in [3.05, 3.63) is 0 Å². The van der Waals surface area contributed by atoms with Gasteiger partial charge in [0.1, 0.15) is 0 Å². The van der Waals surface area contributed by atoms with Crippen LogP contribution in [0.1, 0.15) is 32.6 Å². The Balaban J connectivity index is 2.08. The summed E-state index contributed by atoms with van der Waals surface area (Å²) in [4.78, 5) is 21.3. The predicted octanol–water partition coefficient (Wildman–Crippen LogP) is 0.355.